The zero-order valence-corrected chi connectivity index (χ0v) is 13.8. The molecule has 0 aliphatic heterocycles. The van der Waals surface area contributed by atoms with Gasteiger partial charge in [-0.3, -0.25) is 4.90 Å². The number of carbonyl (C=O) groups is 1. The lowest BCUT2D eigenvalue weighted by molar-refractivity contribution is 0.246. The highest BCUT2D eigenvalue weighted by Crippen LogP contribution is 2.38. The maximum atomic E-state index is 12.2. The molecule has 0 bridgehead atoms. The second-order valence-corrected chi connectivity index (χ2v) is 5.49. The fourth-order valence-electron chi connectivity index (χ4n) is 2.04. The summed E-state index contributed by atoms with van der Waals surface area (Å²) in [4.78, 5) is 13.8. The number of rotatable bonds is 6. The lowest BCUT2D eigenvalue weighted by Crippen LogP contribution is -2.38. The van der Waals surface area contributed by atoms with Crippen molar-refractivity contribution >= 4 is 11.7 Å². The number of urea groups is 1. The molecule has 1 aromatic rings. The fourth-order valence-corrected chi connectivity index (χ4v) is 2.04. The number of methoxy groups -OCH3 is 2. The van der Waals surface area contributed by atoms with Crippen LogP contribution in [0.2, 0.25) is 0 Å². The zero-order valence-electron chi connectivity index (χ0n) is 13.8. The van der Waals surface area contributed by atoms with Crippen molar-refractivity contribution in [2.75, 3.05) is 32.7 Å². The number of anilines is 1. The first kappa shape index (κ1) is 17.1. The van der Waals surface area contributed by atoms with E-state index in [2.05, 4.69) is 19.2 Å². The molecule has 1 aromatic carbocycles. The summed E-state index contributed by atoms with van der Waals surface area (Å²) in [6.45, 7) is 6.86. The third-order valence-corrected chi connectivity index (χ3v) is 3.26. The Kier molecular flexibility index (Phi) is 6.34. The maximum absolute atomic E-state index is 12.2. The van der Waals surface area contributed by atoms with Crippen molar-refractivity contribution in [1.29, 1.82) is 0 Å². The average Bonchev–Trinajstić information content (AvgIpc) is 2.44. The van der Waals surface area contributed by atoms with Gasteiger partial charge in [0.25, 0.3) is 0 Å². The van der Waals surface area contributed by atoms with Crippen molar-refractivity contribution in [3.63, 3.8) is 0 Å². The normalized spacial score (nSPS) is 10.4. The third kappa shape index (κ3) is 4.55. The Balaban J connectivity index is 2.95. The first-order valence-electron chi connectivity index (χ1n) is 7.14. The van der Waals surface area contributed by atoms with Crippen LogP contribution in [0, 0.1) is 12.8 Å². The molecule has 1 N–H and O–H groups in total. The highest BCUT2D eigenvalue weighted by molar-refractivity contribution is 5.95. The number of hydrogen-bond acceptors (Lipinski definition) is 3. The summed E-state index contributed by atoms with van der Waals surface area (Å²) in [5.74, 6) is 1.79. The van der Waals surface area contributed by atoms with Crippen LogP contribution in [0.1, 0.15) is 25.8 Å². The first-order chi connectivity index (χ1) is 9.90. The Morgan fingerprint density at radius 2 is 1.76 bits per heavy atom. The minimum atomic E-state index is -0.170. The van der Waals surface area contributed by atoms with Gasteiger partial charge in [-0.15, -0.1) is 0 Å². The van der Waals surface area contributed by atoms with E-state index in [1.807, 2.05) is 19.1 Å². The Hall–Kier alpha value is -1.91. The molecule has 0 heterocycles. The molecule has 1 rings (SSSR count). The minimum absolute atomic E-state index is 0.170. The molecule has 0 spiro atoms. The van der Waals surface area contributed by atoms with Gasteiger partial charge in [0.05, 0.1) is 14.2 Å². The lowest BCUT2D eigenvalue weighted by atomic mass is 10.1. The quantitative estimate of drug-likeness (QED) is 0.876. The van der Waals surface area contributed by atoms with Crippen molar-refractivity contribution in [2.24, 2.45) is 5.92 Å². The summed E-state index contributed by atoms with van der Waals surface area (Å²) in [6, 6.07) is 3.60. The highest BCUT2D eigenvalue weighted by atomic mass is 16.5. The second-order valence-electron chi connectivity index (χ2n) is 5.49. The van der Waals surface area contributed by atoms with E-state index in [1.54, 1.807) is 21.3 Å². The van der Waals surface area contributed by atoms with E-state index >= 15 is 0 Å². The first-order valence-corrected chi connectivity index (χ1v) is 7.14. The molecule has 0 atom stereocenters. The van der Waals surface area contributed by atoms with E-state index in [0.717, 1.165) is 12.0 Å². The summed E-state index contributed by atoms with van der Waals surface area (Å²) < 4.78 is 10.8. The number of benzene rings is 1. The molecule has 5 nitrogen and oxygen atoms in total. The topological polar surface area (TPSA) is 50.8 Å². The van der Waals surface area contributed by atoms with Crippen molar-refractivity contribution < 1.29 is 14.3 Å². The summed E-state index contributed by atoms with van der Waals surface area (Å²) >= 11 is 0. The van der Waals surface area contributed by atoms with E-state index in [1.165, 1.54) is 4.90 Å². The molecule has 0 aliphatic carbocycles. The van der Waals surface area contributed by atoms with Gasteiger partial charge in [-0.1, -0.05) is 13.8 Å². The number of hydrogen-bond donors (Lipinski definition) is 1. The summed E-state index contributed by atoms with van der Waals surface area (Å²) in [7, 11) is 4.88. The second kappa shape index (κ2) is 7.76. The van der Waals surface area contributed by atoms with Gasteiger partial charge in [-0.05, 0) is 37.0 Å². The minimum Gasteiger partial charge on any atom is -0.494 e. The van der Waals surface area contributed by atoms with E-state index in [-0.39, 0.29) is 6.03 Å². The smallest absolute Gasteiger partial charge is 0.321 e. The standard InChI is InChI=1S/C16H26N2O3/c1-11(2)7-8-17-16(19)18(4)15-13(20-5)9-12(3)10-14(15)21-6/h9-11H,7-8H2,1-6H3,(H,17,19). The monoisotopic (exact) mass is 294 g/mol. The average molecular weight is 294 g/mol. The summed E-state index contributed by atoms with van der Waals surface area (Å²) in [6.07, 6.45) is 0.946. The van der Waals surface area contributed by atoms with Crippen LogP contribution >= 0.6 is 0 Å². The van der Waals surface area contributed by atoms with E-state index < -0.39 is 0 Å². The van der Waals surface area contributed by atoms with Gasteiger partial charge in [0.2, 0.25) is 0 Å². The zero-order chi connectivity index (χ0) is 16.0. The Labute approximate surface area is 127 Å². The number of aryl methyl sites for hydroxylation is 1. The molecule has 118 valence electrons. The van der Waals surface area contributed by atoms with Crippen LogP contribution in [0.5, 0.6) is 11.5 Å². The van der Waals surface area contributed by atoms with Crippen LogP contribution in [-0.2, 0) is 0 Å². The SMILES string of the molecule is COc1cc(C)cc(OC)c1N(C)C(=O)NCCC(C)C. The van der Waals surface area contributed by atoms with E-state index in [9.17, 15) is 4.79 Å². The molecule has 0 fully saturated rings. The van der Waals surface area contributed by atoms with Gasteiger partial charge in [0, 0.05) is 13.6 Å². The number of ether oxygens (including phenoxy) is 2. The molecule has 2 amide bonds. The summed E-state index contributed by atoms with van der Waals surface area (Å²) in [5.41, 5.74) is 1.65. The van der Waals surface area contributed by atoms with Gasteiger partial charge < -0.3 is 14.8 Å². The van der Waals surface area contributed by atoms with Crippen LogP contribution in [0.3, 0.4) is 0 Å². The maximum Gasteiger partial charge on any atom is 0.321 e. The van der Waals surface area contributed by atoms with Crippen molar-refractivity contribution in [1.82, 2.24) is 5.32 Å². The predicted octanol–water partition coefficient (Wildman–Crippen LogP) is 3.20. The van der Waals surface area contributed by atoms with Crippen LogP contribution in [0.25, 0.3) is 0 Å². The molecule has 0 saturated heterocycles. The molecular weight excluding hydrogens is 268 g/mol. The Morgan fingerprint density at radius 3 is 2.19 bits per heavy atom. The van der Waals surface area contributed by atoms with Gasteiger partial charge in [-0.2, -0.15) is 0 Å². The molecular formula is C16H26N2O3. The molecule has 0 unspecified atom stereocenters. The van der Waals surface area contributed by atoms with Crippen LogP contribution < -0.4 is 19.7 Å². The van der Waals surface area contributed by atoms with Crippen molar-refractivity contribution in [3.8, 4) is 11.5 Å². The molecule has 5 heteroatoms. The summed E-state index contributed by atoms with van der Waals surface area (Å²) in [5, 5.41) is 2.91. The van der Waals surface area contributed by atoms with Crippen LogP contribution in [0.4, 0.5) is 10.5 Å². The molecule has 21 heavy (non-hydrogen) atoms. The van der Waals surface area contributed by atoms with Gasteiger partial charge in [-0.25, -0.2) is 4.79 Å². The third-order valence-electron chi connectivity index (χ3n) is 3.26. The molecule has 0 aromatic heterocycles. The van der Waals surface area contributed by atoms with Crippen LogP contribution in [0.15, 0.2) is 12.1 Å². The van der Waals surface area contributed by atoms with Gasteiger partial charge >= 0.3 is 6.03 Å². The fraction of sp³-hybridized carbons (Fsp3) is 0.562. The number of nitrogens with one attached hydrogen (secondary N) is 1. The molecule has 0 radical (unpaired) electrons. The Bertz CT molecular complexity index is 461. The highest BCUT2D eigenvalue weighted by Gasteiger charge is 2.20. The van der Waals surface area contributed by atoms with Crippen molar-refractivity contribution in [2.45, 2.75) is 27.2 Å². The number of nitrogens with zero attached hydrogens (tertiary/aromatic N) is 1. The van der Waals surface area contributed by atoms with Gasteiger partial charge in [0.1, 0.15) is 17.2 Å². The molecule has 0 saturated carbocycles. The Morgan fingerprint density at radius 1 is 1.24 bits per heavy atom. The van der Waals surface area contributed by atoms with Gasteiger partial charge in [0.15, 0.2) is 0 Å². The predicted molar refractivity (Wildman–Crippen MR) is 85.5 cm³/mol. The largest absolute Gasteiger partial charge is 0.494 e. The number of amides is 2. The lowest BCUT2D eigenvalue weighted by Gasteiger charge is -2.23. The van der Waals surface area contributed by atoms with Crippen molar-refractivity contribution in [3.05, 3.63) is 17.7 Å². The van der Waals surface area contributed by atoms with E-state index in [0.29, 0.717) is 29.6 Å². The molecule has 0 aliphatic rings. The van der Waals surface area contributed by atoms with E-state index in [4.69, 9.17) is 9.47 Å². The van der Waals surface area contributed by atoms with Crippen LogP contribution in [-0.4, -0.2) is 33.8 Å². The number of carbonyl (C=O) groups excluding carboxylic acids is 1.